The minimum atomic E-state index is 0.678. The van der Waals surface area contributed by atoms with Gasteiger partial charge in [-0.2, -0.15) is 0 Å². The van der Waals surface area contributed by atoms with Crippen LogP contribution in [0.2, 0.25) is 0 Å². The number of rotatable bonds is 6. The molecule has 0 aliphatic carbocycles. The minimum Gasteiger partial charge on any atom is -0.490 e. The van der Waals surface area contributed by atoms with Gasteiger partial charge in [-0.15, -0.1) is 10.2 Å². The average molecular weight is 413 g/mol. The summed E-state index contributed by atoms with van der Waals surface area (Å²) in [5, 5.41) is 15.5. The molecule has 0 fully saturated rings. The molecule has 0 amide bonds. The molecule has 2 aromatic rings. The van der Waals surface area contributed by atoms with Crippen LogP contribution in [0.4, 0.5) is 5.69 Å². The Kier molecular flexibility index (Phi) is 7.05. The van der Waals surface area contributed by atoms with Crippen molar-refractivity contribution < 1.29 is 9.47 Å². The van der Waals surface area contributed by atoms with Crippen molar-refractivity contribution >= 4 is 11.6 Å². The van der Waals surface area contributed by atoms with Gasteiger partial charge in [-0.1, -0.05) is 6.42 Å². The number of hydrogen-bond donors (Lipinski definition) is 2. The Morgan fingerprint density at radius 1 is 1.10 bits per heavy atom. The summed E-state index contributed by atoms with van der Waals surface area (Å²) < 4.78 is 13.8. The molecular formula is C22H32N6O2. The second-order valence-corrected chi connectivity index (χ2v) is 7.70. The number of nitrogens with zero attached hydrogens (tertiary/aromatic N) is 4. The number of aliphatic imine (C=N–C) groups is 1. The van der Waals surface area contributed by atoms with E-state index in [0.29, 0.717) is 13.2 Å². The summed E-state index contributed by atoms with van der Waals surface area (Å²) in [4.78, 5) is 4.73. The first kappa shape index (κ1) is 20.5. The molecule has 162 valence electrons. The molecule has 0 unspecified atom stereocenters. The maximum absolute atomic E-state index is 5.78. The monoisotopic (exact) mass is 412 g/mol. The molecule has 0 radical (unpaired) electrons. The zero-order chi connectivity index (χ0) is 20.6. The Balaban J connectivity index is 1.34. The van der Waals surface area contributed by atoms with Crippen molar-refractivity contribution in [3.63, 3.8) is 0 Å². The Morgan fingerprint density at radius 2 is 2.00 bits per heavy atom. The molecule has 1 aromatic carbocycles. The molecular weight excluding hydrogens is 380 g/mol. The number of nitrogens with one attached hydrogen (secondary N) is 2. The number of benzene rings is 1. The highest BCUT2D eigenvalue weighted by molar-refractivity contribution is 5.93. The topological polar surface area (TPSA) is 85.6 Å². The van der Waals surface area contributed by atoms with E-state index in [1.54, 1.807) is 0 Å². The van der Waals surface area contributed by atoms with Gasteiger partial charge in [0.2, 0.25) is 0 Å². The first-order valence-corrected chi connectivity index (χ1v) is 11.2. The molecule has 8 nitrogen and oxygen atoms in total. The second kappa shape index (κ2) is 10.3. The Hall–Kier alpha value is -2.77. The van der Waals surface area contributed by atoms with Gasteiger partial charge >= 0.3 is 0 Å². The zero-order valence-electron chi connectivity index (χ0n) is 17.8. The van der Waals surface area contributed by atoms with E-state index in [0.717, 1.165) is 80.1 Å². The van der Waals surface area contributed by atoms with Gasteiger partial charge in [0.25, 0.3) is 0 Å². The quantitative estimate of drug-likeness (QED) is 0.431. The minimum absolute atomic E-state index is 0.678. The fourth-order valence-corrected chi connectivity index (χ4v) is 3.84. The van der Waals surface area contributed by atoms with E-state index in [1.165, 1.54) is 19.3 Å². The predicted molar refractivity (Wildman–Crippen MR) is 118 cm³/mol. The molecule has 2 aliphatic rings. The van der Waals surface area contributed by atoms with Crippen LogP contribution in [-0.4, -0.2) is 47.0 Å². The lowest BCUT2D eigenvalue weighted by Crippen LogP contribution is -2.30. The lowest BCUT2D eigenvalue weighted by Gasteiger charge is -2.13. The van der Waals surface area contributed by atoms with E-state index in [2.05, 4.69) is 32.3 Å². The molecule has 1 aromatic heterocycles. The highest BCUT2D eigenvalue weighted by Crippen LogP contribution is 2.32. The third-order valence-electron chi connectivity index (χ3n) is 5.37. The number of aryl methyl sites for hydroxylation is 2. The van der Waals surface area contributed by atoms with Crippen molar-refractivity contribution in [2.45, 2.75) is 58.4 Å². The summed E-state index contributed by atoms with van der Waals surface area (Å²) in [6.45, 7) is 6.01. The Labute approximate surface area is 178 Å². The van der Waals surface area contributed by atoms with Crippen LogP contribution in [-0.2, 0) is 19.4 Å². The van der Waals surface area contributed by atoms with Gasteiger partial charge in [0, 0.05) is 50.7 Å². The predicted octanol–water partition coefficient (Wildman–Crippen LogP) is 3.18. The zero-order valence-corrected chi connectivity index (χ0v) is 17.8. The summed E-state index contributed by atoms with van der Waals surface area (Å²) in [6, 6.07) is 5.91. The normalized spacial score (nSPS) is 16.4. The summed E-state index contributed by atoms with van der Waals surface area (Å²) >= 11 is 0. The van der Waals surface area contributed by atoms with E-state index in [-0.39, 0.29) is 0 Å². The highest BCUT2D eigenvalue weighted by Gasteiger charge is 2.14. The molecule has 0 saturated heterocycles. The van der Waals surface area contributed by atoms with Gasteiger partial charge < -0.3 is 24.7 Å². The molecule has 0 atom stereocenters. The molecule has 0 bridgehead atoms. The van der Waals surface area contributed by atoms with Gasteiger partial charge in [0.15, 0.2) is 17.5 Å². The molecule has 30 heavy (non-hydrogen) atoms. The number of aromatic nitrogens is 3. The van der Waals surface area contributed by atoms with Crippen molar-refractivity contribution in [1.82, 2.24) is 20.1 Å². The number of guanidine groups is 1. The number of ether oxygens (including phenoxy) is 2. The van der Waals surface area contributed by atoms with E-state index in [1.807, 2.05) is 18.2 Å². The van der Waals surface area contributed by atoms with Crippen LogP contribution in [0.15, 0.2) is 23.2 Å². The smallest absolute Gasteiger partial charge is 0.195 e. The van der Waals surface area contributed by atoms with Crippen molar-refractivity contribution in [2.24, 2.45) is 4.99 Å². The molecule has 0 spiro atoms. The SMILES string of the molecule is CCNC(=NCCCc1nnc2n1CCCCC2)Nc1ccc2c(c1)OCCCO2. The van der Waals surface area contributed by atoms with Crippen LogP contribution in [0.3, 0.4) is 0 Å². The third-order valence-corrected chi connectivity index (χ3v) is 5.37. The third kappa shape index (κ3) is 5.23. The molecule has 4 rings (SSSR count). The van der Waals surface area contributed by atoms with Gasteiger partial charge in [0.05, 0.1) is 13.2 Å². The number of anilines is 1. The fourth-order valence-electron chi connectivity index (χ4n) is 3.84. The summed E-state index contributed by atoms with van der Waals surface area (Å²) in [5.41, 5.74) is 0.932. The lowest BCUT2D eigenvalue weighted by atomic mass is 10.2. The van der Waals surface area contributed by atoms with E-state index < -0.39 is 0 Å². The maximum Gasteiger partial charge on any atom is 0.195 e. The van der Waals surface area contributed by atoms with Gasteiger partial charge in [-0.05, 0) is 38.3 Å². The van der Waals surface area contributed by atoms with Crippen LogP contribution in [0.1, 0.15) is 50.7 Å². The lowest BCUT2D eigenvalue weighted by molar-refractivity contribution is 0.297. The Morgan fingerprint density at radius 3 is 2.90 bits per heavy atom. The standard InChI is InChI=1S/C22H32N6O2/c1-2-23-22(25-17-10-11-18-19(16-17)30-15-7-14-29-18)24-12-6-9-21-27-26-20-8-4-3-5-13-28(20)21/h10-11,16H,2-9,12-15H2,1H3,(H2,23,24,25). The largest absolute Gasteiger partial charge is 0.490 e. The average Bonchev–Trinajstić information content (AvgIpc) is 2.93. The Bertz CT molecular complexity index is 863. The van der Waals surface area contributed by atoms with Crippen LogP contribution >= 0.6 is 0 Å². The molecule has 2 aliphatic heterocycles. The van der Waals surface area contributed by atoms with Crippen LogP contribution in [0.25, 0.3) is 0 Å². The summed E-state index contributed by atoms with van der Waals surface area (Å²) in [6.07, 6.45) is 7.52. The van der Waals surface area contributed by atoms with Gasteiger partial charge in [-0.3, -0.25) is 4.99 Å². The first-order chi connectivity index (χ1) is 14.8. The van der Waals surface area contributed by atoms with Gasteiger partial charge in [0.1, 0.15) is 11.6 Å². The van der Waals surface area contributed by atoms with Crippen molar-refractivity contribution in [3.8, 4) is 11.5 Å². The first-order valence-electron chi connectivity index (χ1n) is 11.2. The molecule has 8 heteroatoms. The molecule has 0 saturated carbocycles. The van der Waals surface area contributed by atoms with Crippen LogP contribution in [0, 0.1) is 0 Å². The highest BCUT2D eigenvalue weighted by atomic mass is 16.5. The van der Waals surface area contributed by atoms with Crippen molar-refractivity contribution in [3.05, 3.63) is 29.8 Å². The van der Waals surface area contributed by atoms with Crippen molar-refractivity contribution in [1.29, 1.82) is 0 Å². The van der Waals surface area contributed by atoms with Crippen molar-refractivity contribution in [2.75, 3.05) is 31.6 Å². The fraction of sp³-hybridized carbons (Fsp3) is 0.591. The van der Waals surface area contributed by atoms with E-state index >= 15 is 0 Å². The summed E-state index contributed by atoms with van der Waals surface area (Å²) in [7, 11) is 0. The van der Waals surface area contributed by atoms with Crippen LogP contribution < -0.4 is 20.1 Å². The van der Waals surface area contributed by atoms with Crippen LogP contribution in [0.5, 0.6) is 11.5 Å². The molecule has 2 N–H and O–H groups in total. The number of hydrogen-bond acceptors (Lipinski definition) is 5. The maximum atomic E-state index is 5.78. The van der Waals surface area contributed by atoms with E-state index in [9.17, 15) is 0 Å². The van der Waals surface area contributed by atoms with Gasteiger partial charge in [-0.25, -0.2) is 0 Å². The second-order valence-electron chi connectivity index (χ2n) is 7.70. The number of fused-ring (bicyclic) bond motifs is 2. The molecule has 3 heterocycles. The van der Waals surface area contributed by atoms with E-state index in [4.69, 9.17) is 14.5 Å². The summed E-state index contributed by atoms with van der Waals surface area (Å²) in [5.74, 6) is 4.60.